The fraction of sp³-hybridized carbons (Fsp3) is 0.0800. The van der Waals surface area contributed by atoms with Crippen LogP contribution in [0.25, 0.3) is 6.08 Å². The van der Waals surface area contributed by atoms with Crippen LogP contribution in [0, 0.1) is 0 Å². The normalized spacial score (nSPS) is 15.8. The number of carbonyl (C=O) groups is 2. The summed E-state index contributed by atoms with van der Waals surface area (Å²) in [5.41, 5.74) is 1.52. The van der Waals surface area contributed by atoms with Crippen LogP contribution >= 0.6 is 24.0 Å². The van der Waals surface area contributed by atoms with E-state index in [-0.39, 0.29) is 10.7 Å². The van der Waals surface area contributed by atoms with Crippen LogP contribution in [-0.2, 0) is 16.0 Å². The largest absolute Gasteiger partial charge is 0.480 e. The van der Waals surface area contributed by atoms with E-state index < -0.39 is 17.9 Å². The third kappa shape index (κ3) is 4.90. The van der Waals surface area contributed by atoms with E-state index in [0.717, 1.165) is 17.3 Å². The van der Waals surface area contributed by atoms with Gasteiger partial charge in [-0.2, -0.15) is 0 Å². The molecule has 1 N–H and O–H groups in total. The highest BCUT2D eigenvalue weighted by atomic mass is 32.2. The van der Waals surface area contributed by atoms with Gasteiger partial charge in [0, 0.05) is 12.0 Å². The average Bonchev–Trinajstić information content (AvgIpc) is 3.07. The lowest BCUT2D eigenvalue weighted by atomic mass is 10.0. The van der Waals surface area contributed by atoms with Crippen molar-refractivity contribution >= 4 is 46.3 Å². The smallest absolute Gasteiger partial charge is 0.327 e. The van der Waals surface area contributed by atoms with Crippen LogP contribution in [0.4, 0.5) is 0 Å². The molecule has 0 spiro atoms. The maximum Gasteiger partial charge on any atom is 0.327 e. The highest BCUT2D eigenvalue weighted by Gasteiger charge is 2.40. The van der Waals surface area contributed by atoms with Gasteiger partial charge in [0.2, 0.25) is 0 Å². The summed E-state index contributed by atoms with van der Waals surface area (Å²) in [6, 6.07) is 24.8. The van der Waals surface area contributed by atoms with E-state index in [9.17, 15) is 14.7 Å². The number of ether oxygens (including phenoxy) is 1. The van der Waals surface area contributed by atoms with Gasteiger partial charge in [-0.15, -0.1) is 0 Å². The number of thioether (sulfide) groups is 1. The zero-order chi connectivity index (χ0) is 22.5. The Labute approximate surface area is 195 Å². The zero-order valence-electron chi connectivity index (χ0n) is 16.9. The first kappa shape index (κ1) is 21.8. The van der Waals surface area contributed by atoms with Crippen LogP contribution in [0.1, 0.15) is 11.1 Å². The highest BCUT2D eigenvalue weighted by Crippen LogP contribution is 2.36. The number of hydrogen-bond acceptors (Lipinski definition) is 5. The molecule has 7 heteroatoms. The van der Waals surface area contributed by atoms with E-state index in [1.807, 2.05) is 84.9 Å². The molecule has 32 heavy (non-hydrogen) atoms. The van der Waals surface area contributed by atoms with Gasteiger partial charge in [0.25, 0.3) is 5.91 Å². The average molecular weight is 462 g/mol. The SMILES string of the molecule is O=C(O)C(Cc1ccccc1)N1C(=O)/C(=C/c2ccccc2Oc2ccccc2)SC1=S. The van der Waals surface area contributed by atoms with Crippen molar-refractivity contribution in [3.8, 4) is 11.5 Å². The molecule has 1 atom stereocenters. The summed E-state index contributed by atoms with van der Waals surface area (Å²) in [7, 11) is 0. The molecule has 160 valence electrons. The molecule has 0 aromatic heterocycles. The fourth-order valence-corrected chi connectivity index (χ4v) is 4.67. The molecule has 1 amide bonds. The van der Waals surface area contributed by atoms with Gasteiger partial charge >= 0.3 is 5.97 Å². The number of rotatable bonds is 7. The molecule has 1 aliphatic heterocycles. The Balaban J connectivity index is 1.61. The maximum atomic E-state index is 13.2. The molecule has 0 radical (unpaired) electrons. The Hall–Kier alpha value is -3.42. The van der Waals surface area contributed by atoms with Crippen molar-refractivity contribution in [2.45, 2.75) is 12.5 Å². The molecule has 0 saturated carbocycles. The van der Waals surface area contributed by atoms with Crippen LogP contribution in [-0.4, -0.2) is 32.2 Å². The Morgan fingerprint density at radius 1 is 1.00 bits per heavy atom. The summed E-state index contributed by atoms with van der Waals surface area (Å²) in [4.78, 5) is 26.7. The molecular weight excluding hydrogens is 442 g/mol. The Morgan fingerprint density at radius 3 is 2.31 bits per heavy atom. The van der Waals surface area contributed by atoms with Gasteiger partial charge in [-0.25, -0.2) is 4.79 Å². The topological polar surface area (TPSA) is 66.8 Å². The molecule has 0 bridgehead atoms. The summed E-state index contributed by atoms with van der Waals surface area (Å²) in [6.07, 6.45) is 1.86. The van der Waals surface area contributed by atoms with Crippen molar-refractivity contribution in [2.24, 2.45) is 0 Å². The number of hydrogen-bond donors (Lipinski definition) is 1. The number of carboxylic acid groups (broad SMARTS) is 1. The first-order valence-electron chi connectivity index (χ1n) is 9.88. The highest BCUT2D eigenvalue weighted by molar-refractivity contribution is 8.26. The molecule has 1 unspecified atom stereocenters. The number of thiocarbonyl (C=S) groups is 1. The third-order valence-corrected chi connectivity index (χ3v) is 6.20. The van der Waals surface area contributed by atoms with Crippen molar-refractivity contribution in [3.63, 3.8) is 0 Å². The van der Waals surface area contributed by atoms with Crippen LogP contribution in [0.3, 0.4) is 0 Å². The first-order valence-corrected chi connectivity index (χ1v) is 11.1. The monoisotopic (exact) mass is 461 g/mol. The summed E-state index contributed by atoms with van der Waals surface area (Å²) >= 11 is 6.49. The van der Waals surface area contributed by atoms with Gasteiger partial charge in [-0.1, -0.05) is 90.7 Å². The number of carboxylic acids is 1. The van der Waals surface area contributed by atoms with Gasteiger partial charge in [-0.05, 0) is 29.8 Å². The van der Waals surface area contributed by atoms with Crippen molar-refractivity contribution in [2.75, 3.05) is 0 Å². The van der Waals surface area contributed by atoms with E-state index in [2.05, 4.69) is 0 Å². The molecule has 3 aromatic carbocycles. The second kappa shape index (κ2) is 9.80. The van der Waals surface area contributed by atoms with Gasteiger partial charge < -0.3 is 9.84 Å². The Bertz CT molecular complexity index is 1180. The van der Waals surface area contributed by atoms with E-state index in [4.69, 9.17) is 17.0 Å². The molecule has 5 nitrogen and oxygen atoms in total. The predicted octanol–water partition coefficient (Wildman–Crippen LogP) is 5.38. The number of amides is 1. The molecule has 0 aliphatic carbocycles. The lowest BCUT2D eigenvalue weighted by Crippen LogP contribution is -2.45. The molecule has 1 aliphatic rings. The lowest BCUT2D eigenvalue weighted by molar-refractivity contribution is -0.145. The number of aliphatic carboxylic acids is 1. The summed E-state index contributed by atoms with van der Waals surface area (Å²) in [5.74, 6) is -0.255. The molecule has 3 aromatic rings. The minimum Gasteiger partial charge on any atom is -0.480 e. The third-order valence-electron chi connectivity index (χ3n) is 4.87. The quantitative estimate of drug-likeness (QED) is 0.377. The van der Waals surface area contributed by atoms with Gasteiger partial charge in [0.05, 0.1) is 4.91 Å². The van der Waals surface area contributed by atoms with Crippen LogP contribution in [0.15, 0.2) is 89.8 Å². The van der Waals surface area contributed by atoms with Crippen LogP contribution in [0.2, 0.25) is 0 Å². The number of nitrogens with zero attached hydrogens (tertiary/aromatic N) is 1. The molecule has 1 saturated heterocycles. The van der Waals surface area contributed by atoms with E-state index in [1.54, 1.807) is 6.08 Å². The maximum absolute atomic E-state index is 13.2. The predicted molar refractivity (Wildman–Crippen MR) is 130 cm³/mol. The Morgan fingerprint density at radius 2 is 1.62 bits per heavy atom. The summed E-state index contributed by atoms with van der Waals surface area (Å²) in [5, 5.41) is 9.81. The standard InChI is InChI=1S/C25H19NO4S2/c27-23-22(16-18-11-7-8-14-21(18)30-19-12-5-2-6-13-19)32-25(31)26(23)20(24(28)29)15-17-9-3-1-4-10-17/h1-14,16,20H,15H2,(H,28,29)/b22-16-. The van der Waals surface area contributed by atoms with Gasteiger partial charge in [0.15, 0.2) is 0 Å². The second-order valence-corrected chi connectivity index (χ2v) is 8.72. The number of para-hydroxylation sites is 2. The van der Waals surface area contributed by atoms with Crippen LogP contribution < -0.4 is 4.74 Å². The van der Waals surface area contributed by atoms with Crippen molar-refractivity contribution < 1.29 is 19.4 Å². The Kier molecular flexibility index (Phi) is 6.68. The van der Waals surface area contributed by atoms with Gasteiger partial charge in [0.1, 0.15) is 21.9 Å². The fourth-order valence-electron chi connectivity index (χ4n) is 3.32. The van der Waals surface area contributed by atoms with E-state index >= 15 is 0 Å². The number of carbonyl (C=O) groups excluding carboxylic acids is 1. The zero-order valence-corrected chi connectivity index (χ0v) is 18.5. The summed E-state index contributed by atoms with van der Waals surface area (Å²) in [6.45, 7) is 0. The van der Waals surface area contributed by atoms with E-state index in [0.29, 0.717) is 22.0 Å². The van der Waals surface area contributed by atoms with Crippen LogP contribution in [0.5, 0.6) is 11.5 Å². The van der Waals surface area contributed by atoms with Gasteiger partial charge in [-0.3, -0.25) is 9.69 Å². The van der Waals surface area contributed by atoms with Crippen molar-refractivity contribution in [3.05, 3.63) is 101 Å². The first-order chi connectivity index (χ1) is 15.5. The van der Waals surface area contributed by atoms with Crippen molar-refractivity contribution in [1.82, 2.24) is 4.90 Å². The lowest BCUT2D eigenvalue weighted by Gasteiger charge is -2.23. The number of benzene rings is 3. The van der Waals surface area contributed by atoms with E-state index in [1.165, 1.54) is 4.90 Å². The minimum absolute atomic E-state index is 0.170. The second-order valence-electron chi connectivity index (χ2n) is 7.05. The summed E-state index contributed by atoms with van der Waals surface area (Å²) < 4.78 is 6.20. The van der Waals surface area contributed by atoms with Crippen molar-refractivity contribution in [1.29, 1.82) is 0 Å². The molecule has 1 fully saturated rings. The molecule has 4 rings (SSSR count). The molecular formula is C25H19NO4S2. The molecule has 1 heterocycles. The minimum atomic E-state index is -1.10.